The molecule has 2 heterocycles. The Bertz CT molecular complexity index is 613. The van der Waals surface area contributed by atoms with Gasteiger partial charge in [0.25, 0.3) is 11.5 Å². The SMILES string of the molecule is Cc1nn(C)c(=O)c(C(=O)N2CC(O)(C(C)C)C2)c1C. The average Bonchev–Trinajstić information content (AvgIpc) is 2.32. The Balaban J connectivity index is 2.31. The van der Waals surface area contributed by atoms with E-state index in [1.165, 1.54) is 16.6 Å². The molecule has 2 rings (SSSR count). The third kappa shape index (κ3) is 2.14. The zero-order valence-electron chi connectivity index (χ0n) is 12.6. The van der Waals surface area contributed by atoms with Gasteiger partial charge in [-0.1, -0.05) is 13.8 Å². The summed E-state index contributed by atoms with van der Waals surface area (Å²) in [6.45, 7) is 7.88. The second-order valence-electron chi connectivity index (χ2n) is 5.93. The highest BCUT2D eigenvalue weighted by Crippen LogP contribution is 2.29. The summed E-state index contributed by atoms with van der Waals surface area (Å²) in [6.07, 6.45) is 0. The van der Waals surface area contributed by atoms with Crippen LogP contribution in [0.15, 0.2) is 4.79 Å². The van der Waals surface area contributed by atoms with Gasteiger partial charge >= 0.3 is 0 Å². The number of hydrogen-bond donors (Lipinski definition) is 1. The van der Waals surface area contributed by atoms with Gasteiger partial charge in [-0.15, -0.1) is 0 Å². The Hall–Kier alpha value is -1.69. The first-order valence-electron chi connectivity index (χ1n) is 6.73. The molecule has 0 unspecified atom stereocenters. The van der Waals surface area contributed by atoms with Crippen molar-refractivity contribution in [1.29, 1.82) is 0 Å². The molecule has 1 amide bonds. The molecule has 0 radical (unpaired) electrons. The lowest BCUT2D eigenvalue weighted by Gasteiger charge is -2.49. The van der Waals surface area contributed by atoms with Gasteiger partial charge in [0.2, 0.25) is 0 Å². The number of likely N-dealkylation sites (tertiary alicyclic amines) is 1. The largest absolute Gasteiger partial charge is 0.386 e. The van der Waals surface area contributed by atoms with Gasteiger partial charge in [0.1, 0.15) is 11.2 Å². The van der Waals surface area contributed by atoms with Crippen LogP contribution in [0, 0.1) is 19.8 Å². The number of nitrogens with zero attached hydrogens (tertiary/aromatic N) is 3. The van der Waals surface area contributed by atoms with Gasteiger partial charge < -0.3 is 10.0 Å². The molecule has 0 spiro atoms. The average molecular weight is 279 g/mol. The van der Waals surface area contributed by atoms with Gasteiger partial charge in [0.05, 0.1) is 18.8 Å². The molecule has 1 aromatic heterocycles. The first kappa shape index (κ1) is 14.7. The van der Waals surface area contributed by atoms with Crippen LogP contribution in [0.4, 0.5) is 0 Å². The highest BCUT2D eigenvalue weighted by molar-refractivity contribution is 5.96. The van der Waals surface area contributed by atoms with E-state index in [2.05, 4.69) is 5.10 Å². The summed E-state index contributed by atoms with van der Waals surface area (Å²) in [5.74, 6) is -0.242. The minimum atomic E-state index is -0.836. The van der Waals surface area contributed by atoms with E-state index < -0.39 is 11.2 Å². The Morgan fingerprint density at radius 2 is 1.90 bits per heavy atom. The molecule has 1 N–H and O–H groups in total. The Labute approximate surface area is 118 Å². The predicted molar refractivity (Wildman–Crippen MR) is 74.6 cm³/mol. The van der Waals surface area contributed by atoms with E-state index in [0.29, 0.717) is 11.3 Å². The summed E-state index contributed by atoms with van der Waals surface area (Å²) < 4.78 is 1.18. The fraction of sp³-hybridized carbons (Fsp3) is 0.643. The maximum Gasteiger partial charge on any atom is 0.279 e. The Morgan fingerprint density at radius 1 is 1.35 bits per heavy atom. The van der Waals surface area contributed by atoms with Crippen LogP contribution in [0.1, 0.15) is 35.5 Å². The highest BCUT2D eigenvalue weighted by Gasteiger charge is 2.46. The van der Waals surface area contributed by atoms with Crippen molar-refractivity contribution in [3.63, 3.8) is 0 Å². The number of aromatic nitrogens is 2. The van der Waals surface area contributed by atoms with Crippen molar-refractivity contribution < 1.29 is 9.90 Å². The number of amides is 1. The molecule has 110 valence electrons. The maximum atomic E-state index is 12.5. The number of β-amino-alcohol motifs (C(OH)–C–C–N with tert-alkyl or cyclic N) is 1. The minimum absolute atomic E-state index is 0.0784. The summed E-state index contributed by atoms with van der Waals surface area (Å²) in [7, 11) is 1.53. The molecule has 1 saturated heterocycles. The van der Waals surface area contributed by atoms with Crippen molar-refractivity contribution in [1.82, 2.24) is 14.7 Å². The van der Waals surface area contributed by atoms with Gasteiger partial charge in [-0.05, 0) is 25.3 Å². The van der Waals surface area contributed by atoms with Crippen molar-refractivity contribution in [2.24, 2.45) is 13.0 Å². The standard InChI is InChI=1S/C14H21N3O3/c1-8(2)14(20)6-17(7-14)13(19)11-9(3)10(4)15-16(5)12(11)18/h8,20H,6-7H2,1-5H3. The van der Waals surface area contributed by atoms with E-state index in [4.69, 9.17) is 0 Å². The van der Waals surface area contributed by atoms with Gasteiger partial charge in [0.15, 0.2) is 0 Å². The molecule has 6 heteroatoms. The van der Waals surface area contributed by atoms with E-state index >= 15 is 0 Å². The van der Waals surface area contributed by atoms with Crippen molar-refractivity contribution >= 4 is 5.91 Å². The number of aliphatic hydroxyl groups is 1. The van der Waals surface area contributed by atoms with Crippen molar-refractivity contribution in [3.8, 4) is 0 Å². The van der Waals surface area contributed by atoms with Crippen LogP contribution in [0.2, 0.25) is 0 Å². The number of aryl methyl sites for hydroxylation is 2. The number of carbonyl (C=O) groups excluding carboxylic acids is 1. The molecular weight excluding hydrogens is 258 g/mol. The minimum Gasteiger partial charge on any atom is -0.386 e. The summed E-state index contributed by atoms with van der Waals surface area (Å²) in [5, 5.41) is 14.3. The Kier molecular flexibility index (Phi) is 3.46. The van der Waals surface area contributed by atoms with Crippen LogP contribution in [0.25, 0.3) is 0 Å². The van der Waals surface area contributed by atoms with E-state index in [1.807, 2.05) is 13.8 Å². The van der Waals surface area contributed by atoms with Gasteiger partial charge in [0, 0.05) is 7.05 Å². The third-order valence-electron chi connectivity index (χ3n) is 4.23. The molecule has 1 aliphatic heterocycles. The van der Waals surface area contributed by atoms with Gasteiger partial charge in [-0.25, -0.2) is 4.68 Å². The fourth-order valence-corrected chi connectivity index (χ4v) is 2.38. The lowest BCUT2D eigenvalue weighted by molar-refractivity contribution is -0.110. The zero-order chi connectivity index (χ0) is 15.2. The molecule has 6 nitrogen and oxygen atoms in total. The molecule has 0 bridgehead atoms. The summed E-state index contributed by atoms with van der Waals surface area (Å²) in [4.78, 5) is 26.1. The smallest absolute Gasteiger partial charge is 0.279 e. The molecule has 0 aromatic carbocycles. The molecule has 1 aromatic rings. The number of hydrogen-bond acceptors (Lipinski definition) is 4. The highest BCUT2D eigenvalue weighted by atomic mass is 16.3. The molecular formula is C14H21N3O3. The van der Waals surface area contributed by atoms with Crippen LogP contribution in [0.5, 0.6) is 0 Å². The Morgan fingerprint density at radius 3 is 2.40 bits per heavy atom. The summed E-state index contributed by atoms with van der Waals surface area (Å²) in [6, 6.07) is 0. The van der Waals surface area contributed by atoms with Gasteiger partial charge in [-0.2, -0.15) is 5.10 Å². The van der Waals surface area contributed by atoms with E-state index in [0.717, 1.165) is 0 Å². The van der Waals surface area contributed by atoms with E-state index in [-0.39, 0.29) is 30.5 Å². The molecule has 0 saturated carbocycles. The topological polar surface area (TPSA) is 75.4 Å². The number of rotatable bonds is 2. The van der Waals surface area contributed by atoms with Gasteiger partial charge in [-0.3, -0.25) is 9.59 Å². The second kappa shape index (κ2) is 4.70. The normalized spacial score (nSPS) is 17.2. The van der Waals surface area contributed by atoms with Crippen LogP contribution in [-0.2, 0) is 7.05 Å². The van der Waals surface area contributed by atoms with Crippen molar-refractivity contribution in [3.05, 3.63) is 27.2 Å². The monoisotopic (exact) mass is 279 g/mol. The van der Waals surface area contributed by atoms with Crippen LogP contribution in [0.3, 0.4) is 0 Å². The van der Waals surface area contributed by atoms with Crippen LogP contribution in [-0.4, -0.2) is 44.4 Å². The first-order valence-corrected chi connectivity index (χ1v) is 6.73. The second-order valence-corrected chi connectivity index (χ2v) is 5.93. The molecule has 1 aliphatic rings. The van der Waals surface area contributed by atoms with E-state index in [9.17, 15) is 14.7 Å². The quantitative estimate of drug-likeness (QED) is 0.841. The molecule has 1 fully saturated rings. The van der Waals surface area contributed by atoms with Crippen molar-refractivity contribution in [2.75, 3.05) is 13.1 Å². The zero-order valence-corrected chi connectivity index (χ0v) is 12.6. The van der Waals surface area contributed by atoms with Crippen LogP contribution >= 0.6 is 0 Å². The molecule has 0 aliphatic carbocycles. The van der Waals surface area contributed by atoms with E-state index in [1.54, 1.807) is 13.8 Å². The third-order valence-corrected chi connectivity index (χ3v) is 4.23. The fourth-order valence-electron chi connectivity index (χ4n) is 2.38. The number of carbonyl (C=O) groups is 1. The molecule has 0 atom stereocenters. The summed E-state index contributed by atoms with van der Waals surface area (Å²) in [5.41, 5.74) is 0.203. The molecule has 20 heavy (non-hydrogen) atoms. The lowest BCUT2D eigenvalue weighted by atomic mass is 9.82. The van der Waals surface area contributed by atoms with Crippen molar-refractivity contribution in [2.45, 2.75) is 33.3 Å². The van der Waals surface area contributed by atoms with Crippen LogP contribution < -0.4 is 5.56 Å². The summed E-state index contributed by atoms with van der Waals surface area (Å²) >= 11 is 0. The predicted octanol–water partition coefficient (Wildman–Crippen LogP) is 0.240. The maximum absolute atomic E-state index is 12.5. The first-order chi connectivity index (χ1) is 9.17. The lowest BCUT2D eigenvalue weighted by Crippen LogP contribution is -2.66.